The molecule has 9 aromatic rings. The summed E-state index contributed by atoms with van der Waals surface area (Å²) in [6.45, 7) is 4.85. The molecule has 266 valence electrons. The van der Waals surface area contributed by atoms with Gasteiger partial charge < -0.3 is 0 Å². The number of hydrogen-bond donors (Lipinski definition) is 0. The molecule has 0 atom stereocenters. The van der Waals surface area contributed by atoms with E-state index in [2.05, 4.69) is 172 Å². The quantitative estimate of drug-likeness (QED) is 0.159. The monoisotopic (exact) mass is 732 g/mol. The Morgan fingerprint density at radius 2 is 1.21 bits per heavy atom. The fourth-order valence-electron chi connectivity index (χ4n) is 10.4. The van der Waals surface area contributed by atoms with E-state index in [1.807, 2.05) is 11.3 Å². The van der Waals surface area contributed by atoms with E-state index in [-0.39, 0.29) is 5.41 Å². The van der Waals surface area contributed by atoms with Crippen molar-refractivity contribution in [3.8, 4) is 33.4 Å². The van der Waals surface area contributed by atoms with Crippen molar-refractivity contribution in [3.63, 3.8) is 0 Å². The number of fused-ring (bicyclic) bond motifs is 11. The summed E-state index contributed by atoms with van der Waals surface area (Å²) in [6, 6.07) is 53.3. The Labute approximate surface area is 332 Å². The molecular weight excluding hydrogens is 693 g/mol. The number of benzene rings is 8. The minimum absolute atomic E-state index is 0.120. The first kappa shape index (κ1) is 32.2. The Kier molecular flexibility index (Phi) is 6.90. The van der Waals surface area contributed by atoms with E-state index in [9.17, 15) is 0 Å². The summed E-state index contributed by atoms with van der Waals surface area (Å²) in [6.07, 6.45) is 11.5. The predicted octanol–water partition coefficient (Wildman–Crippen LogP) is 15.4. The first-order valence-corrected chi connectivity index (χ1v) is 21.0. The maximum Gasteiger partial charge on any atom is 0.0358 e. The van der Waals surface area contributed by atoms with E-state index in [0.29, 0.717) is 0 Å². The average molecular weight is 733 g/mol. The lowest BCUT2D eigenvalue weighted by Crippen LogP contribution is -2.15. The van der Waals surface area contributed by atoms with Gasteiger partial charge in [0.25, 0.3) is 0 Å². The maximum absolute atomic E-state index is 2.53. The summed E-state index contributed by atoms with van der Waals surface area (Å²) in [7, 11) is 0. The summed E-state index contributed by atoms with van der Waals surface area (Å²) in [5.41, 5.74) is 17.7. The molecule has 1 heterocycles. The van der Waals surface area contributed by atoms with Gasteiger partial charge in [-0.05, 0) is 149 Å². The van der Waals surface area contributed by atoms with Crippen LogP contribution in [-0.2, 0) is 18.3 Å². The van der Waals surface area contributed by atoms with Gasteiger partial charge in [-0.25, -0.2) is 0 Å². The standard InChI is InChI=1S/C55H40S/c1-55(2)48-27-25-37-30-47-40-14-10-11-19-50(40)56-51(47)32-46(37)54(48)45-26-24-39(31-49(45)55)53-43-17-8-6-15-41(43)52(42-16-7-9-18-44(42)53)38-23-22-35-28-34(20-21-36(35)29-38)33-12-4-3-5-13-33/h3-10,12-18,22-32H,11,19-21H2,1-2H3. The highest BCUT2D eigenvalue weighted by atomic mass is 32.1. The van der Waals surface area contributed by atoms with Crippen molar-refractivity contribution in [3.05, 3.63) is 184 Å². The van der Waals surface area contributed by atoms with Gasteiger partial charge in [0.15, 0.2) is 0 Å². The smallest absolute Gasteiger partial charge is 0.0358 e. The van der Waals surface area contributed by atoms with Crippen molar-refractivity contribution < 1.29 is 0 Å². The highest BCUT2D eigenvalue weighted by Crippen LogP contribution is 2.54. The predicted molar refractivity (Wildman–Crippen MR) is 243 cm³/mol. The molecule has 0 aliphatic heterocycles. The summed E-state index contributed by atoms with van der Waals surface area (Å²) in [5, 5.41) is 9.37. The largest absolute Gasteiger partial charge is 0.140 e. The van der Waals surface area contributed by atoms with Crippen LogP contribution in [0.1, 0.15) is 64.9 Å². The second-order valence-electron chi connectivity index (χ2n) is 16.6. The molecule has 8 aromatic carbocycles. The van der Waals surface area contributed by atoms with E-state index in [4.69, 9.17) is 0 Å². The summed E-state index contributed by atoms with van der Waals surface area (Å²) in [4.78, 5) is 1.53. The second-order valence-corrected chi connectivity index (χ2v) is 17.8. The number of hydrogen-bond acceptors (Lipinski definition) is 1. The third-order valence-electron chi connectivity index (χ3n) is 13.2. The lowest BCUT2D eigenvalue weighted by atomic mass is 9.80. The molecule has 0 saturated carbocycles. The Morgan fingerprint density at radius 1 is 0.518 bits per heavy atom. The van der Waals surface area contributed by atoms with Gasteiger partial charge in [-0.3, -0.25) is 0 Å². The van der Waals surface area contributed by atoms with Gasteiger partial charge in [-0.1, -0.05) is 153 Å². The molecule has 0 unspecified atom stereocenters. The molecule has 0 saturated heterocycles. The van der Waals surface area contributed by atoms with Crippen LogP contribution in [0.5, 0.6) is 0 Å². The molecule has 0 fully saturated rings. The Hall–Kier alpha value is -6.02. The second kappa shape index (κ2) is 12.0. The Bertz CT molecular complexity index is 3140. The highest BCUT2D eigenvalue weighted by molar-refractivity contribution is 7.19. The lowest BCUT2D eigenvalue weighted by molar-refractivity contribution is 0.661. The van der Waals surface area contributed by atoms with E-state index in [1.54, 1.807) is 0 Å². The SMILES string of the molecule is CC1(C)c2cc(-c3c4ccccc4c(-c4ccc5c(c4)CCC(c4ccccc4)=C5)c4ccccc34)ccc2-c2c1ccc1cc3c4c(sc3cc21)CCC=C4. The first-order chi connectivity index (χ1) is 27.5. The van der Waals surface area contributed by atoms with Gasteiger partial charge in [0.05, 0.1) is 0 Å². The van der Waals surface area contributed by atoms with E-state index in [0.717, 1.165) is 25.7 Å². The molecule has 0 radical (unpaired) electrons. The summed E-state index contributed by atoms with van der Waals surface area (Å²) >= 11 is 1.99. The lowest BCUT2D eigenvalue weighted by Gasteiger charge is -2.23. The van der Waals surface area contributed by atoms with Crippen molar-refractivity contribution in [2.45, 2.75) is 44.9 Å². The van der Waals surface area contributed by atoms with Crippen LogP contribution < -0.4 is 0 Å². The zero-order valence-electron chi connectivity index (χ0n) is 31.7. The molecule has 0 N–H and O–H groups in total. The van der Waals surface area contributed by atoms with Crippen LogP contribution in [0.4, 0.5) is 0 Å². The van der Waals surface area contributed by atoms with Crippen molar-refractivity contribution in [2.24, 2.45) is 0 Å². The minimum Gasteiger partial charge on any atom is -0.140 e. The van der Waals surface area contributed by atoms with Crippen LogP contribution in [0.25, 0.3) is 93.5 Å². The van der Waals surface area contributed by atoms with Crippen molar-refractivity contribution in [2.75, 3.05) is 0 Å². The van der Waals surface area contributed by atoms with Crippen molar-refractivity contribution in [1.29, 1.82) is 0 Å². The van der Waals surface area contributed by atoms with Gasteiger partial charge in [0, 0.05) is 20.4 Å². The van der Waals surface area contributed by atoms with Crippen LogP contribution >= 0.6 is 11.3 Å². The van der Waals surface area contributed by atoms with Gasteiger partial charge in [0.2, 0.25) is 0 Å². The Morgan fingerprint density at radius 3 is 1.96 bits per heavy atom. The molecule has 3 aliphatic rings. The van der Waals surface area contributed by atoms with Crippen LogP contribution in [0.15, 0.2) is 146 Å². The number of allylic oxidation sites excluding steroid dienone is 2. The molecule has 0 spiro atoms. The highest BCUT2D eigenvalue weighted by Gasteiger charge is 2.37. The number of aryl methyl sites for hydroxylation is 2. The van der Waals surface area contributed by atoms with Gasteiger partial charge in [0.1, 0.15) is 0 Å². The van der Waals surface area contributed by atoms with Crippen LogP contribution in [0, 0.1) is 0 Å². The summed E-state index contributed by atoms with van der Waals surface area (Å²) < 4.78 is 1.41. The van der Waals surface area contributed by atoms with Gasteiger partial charge in [-0.15, -0.1) is 11.3 Å². The van der Waals surface area contributed by atoms with Crippen LogP contribution in [0.2, 0.25) is 0 Å². The maximum atomic E-state index is 2.53. The average Bonchev–Trinajstić information content (AvgIpc) is 3.72. The molecule has 1 aromatic heterocycles. The molecular formula is C55H40S. The third kappa shape index (κ3) is 4.65. The first-order valence-electron chi connectivity index (χ1n) is 20.2. The van der Waals surface area contributed by atoms with Crippen molar-refractivity contribution in [1.82, 2.24) is 0 Å². The van der Waals surface area contributed by atoms with Gasteiger partial charge in [-0.2, -0.15) is 0 Å². The zero-order valence-corrected chi connectivity index (χ0v) is 32.6. The third-order valence-corrected chi connectivity index (χ3v) is 14.4. The van der Waals surface area contributed by atoms with Crippen LogP contribution in [-0.4, -0.2) is 0 Å². The molecule has 0 nitrogen and oxygen atoms in total. The van der Waals surface area contributed by atoms with E-state index in [1.165, 1.54) is 120 Å². The van der Waals surface area contributed by atoms with Gasteiger partial charge >= 0.3 is 0 Å². The van der Waals surface area contributed by atoms with Crippen LogP contribution in [0.3, 0.4) is 0 Å². The molecule has 3 aliphatic carbocycles. The molecule has 0 amide bonds. The topological polar surface area (TPSA) is 0 Å². The molecule has 56 heavy (non-hydrogen) atoms. The van der Waals surface area contributed by atoms with Crippen molar-refractivity contribution >= 4 is 71.5 Å². The fraction of sp³-hybridized carbons (Fsp3) is 0.127. The summed E-state index contributed by atoms with van der Waals surface area (Å²) in [5.74, 6) is 0. The normalized spacial score (nSPS) is 15.2. The molecule has 0 bridgehead atoms. The number of rotatable bonds is 3. The molecule has 12 rings (SSSR count). The zero-order chi connectivity index (χ0) is 37.1. The number of thiophene rings is 1. The minimum atomic E-state index is -0.120. The fourth-order valence-corrected chi connectivity index (χ4v) is 11.7. The Balaban J connectivity index is 1.03. The van der Waals surface area contributed by atoms with E-state index < -0.39 is 0 Å². The molecule has 1 heteroatoms. The van der Waals surface area contributed by atoms with E-state index >= 15 is 0 Å².